The number of ether oxygens (including phenoxy) is 2. The number of carbonyl (C=O) groups is 1. The summed E-state index contributed by atoms with van der Waals surface area (Å²) in [5.41, 5.74) is 4.00. The maximum Gasteiger partial charge on any atom is 0.266 e. The van der Waals surface area contributed by atoms with E-state index in [-0.39, 0.29) is 12.2 Å². The van der Waals surface area contributed by atoms with E-state index in [1.54, 1.807) is 30.3 Å². The van der Waals surface area contributed by atoms with Crippen molar-refractivity contribution in [2.45, 2.75) is 20.5 Å². The SMILES string of the molecule is COc1cc(/C=C(/C#N)C(=O)Nc2c(C)cccc2C)ccc1OCc1ccc(Cl)c(Cl)c1. The van der Waals surface area contributed by atoms with Crippen molar-refractivity contribution < 1.29 is 14.3 Å². The summed E-state index contributed by atoms with van der Waals surface area (Å²) in [6.07, 6.45) is 1.51. The van der Waals surface area contributed by atoms with E-state index in [2.05, 4.69) is 5.32 Å². The highest BCUT2D eigenvalue weighted by Crippen LogP contribution is 2.31. The number of hydrogen-bond donors (Lipinski definition) is 1. The highest BCUT2D eigenvalue weighted by atomic mass is 35.5. The molecule has 0 heterocycles. The number of anilines is 1. The number of nitrogens with one attached hydrogen (secondary N) is 1. The van der Waals surface area contributed by atoms with Crippen LogP contribution < -0.4 is 14.8 Å². The number of aryl methyl sites for hydroxylation is 2. The largest absolute Gasteiger partial charge is 0.493 e. The van der Waals surface area contributed by atoms with Crippen molar-refractivity contribution in [1.82, 2.24) is 0 Å². The number of para-hydroxylation sites is 1. The summed E-state index contributed by atoms with van der Waals surface area (Å²) in [6, 6.07) is 18.1. The van der Waals surface area contributed by atoms with Crippen LogP contribution in [0.15, 0.2) is 60.2 Å². The molecule has 0 fully saturated rings. The van der Waals surface area contributed by atoms with Crippen LogP contribution in [0.1, 0.15) is 22.3 Å². The van der Waals surface area contributed by atoms with E-state index in [0.29, 0.717) is 32.8 Å². The van der Waals surface area contributed by atoms with E-state index in [9.17, 15) is 10.1 Å². The van der Waals surface area contributed by atoms with Crippen LogP contribution in [0, 0.1) is 25.2 Å². The average molecular weight is 481 g/mol. The van der Waals surface area contributed by atoms with Gasteiger partial charge in [-0.1, -0.05) is 53.5 Å². The second-order valence-electron chi connectivity index (χ2n) is 7.34. The average Bonchev–Trinajstić information content (AvgIpc) is 2.80. The van der Waals surface area contributed by atoms with Crippen molar-refractivity contribution in [2.24, 2.45) is 0 Å². The zero-order valence-electron chi connectivity index (χ0n) is 18.4. The van der Waals surface area contributed by atoms with Crippen LogP contribution in [-0.4, -0.2) is 13.0 Å². The third-order valence-corrected chi connectivity index (χ3v) is 5.70. The number of hydrogen-bond acceptors (Lipinski definition) is 4. The number of amides is 1. The molecule has 0 saturated heterocycles. The zero-order valence-corrected chi connectivity index (χ0v) is 19.9. The highest BCUT2D eigenvalue weighted by molar-refractivity contribution is 6.42. The van der Waals surface area contributed by atoms with Crippen molar-refractivity contribution in [3.63, 3.8) is 0 Å². The summed E-state index contributed by atoms with van der Waals surface area (Å²) >= 11 is 12.0. The normalized spacial score (nSPS) is 11.0. The second-order valence-corrected chi connectivity index (χ2v) is 8.15. The number of benzene rings is 3. The van der Waals surface area contributed by atoms with Gasteiger partial charge in [-0.3, -0.25) is 4.79 Å². The minimum absolute atomic E-state index is 0.0239. The Bertz CT molecular complexity index is 1240. The number of methoxy groups -OCH3 is 1. The molecule has 0 bridgehead atoms. The lowest BCUT2D eigenvalue weighted by Crippen LogP contribution is -2.15. The summed E-state index contributed by atoms with van der Waals surface area (Å²) < 4.78 is 11.3. The molecule has 0 aliphatic rings. The Morgan fingerprint density at radius 1 is 1.03 bits per heavy atom. The van der Waals surface area contributed by atoms with Crippen LogP contribution in [0.5, 0.6) is 11.5 Å². The van der Waals surface area contributed by atoms with Gasteiger partial charge in [0, 0.05) is 5.69 Å². The van der Waals surface area contributed by atoms with Crippen LogP contribution >= 0.6 is 23.2 Å². The Labute approximate surface area is 203 Å². The van der Waals surface area contributed by atoms with Crippen molar-refractivity contribution in [3.05, 3.63) is 92.5 Å². The predicted molar refractivity (Wildman–Crippen MR) is 132 cm³/mol. The van der Waals surface area contributed by atoms with E-state index >= 15 is 0 Å². The standard InChI is InChI=1S/C26H22Cl2N2O3/c1-16-5-4-6-17(2)25(16)30-26(31)20(14-29)11-18-8-10-23(24(13-18)32-3)33-15-19-7-9-21(27)22(28)12-19/h4-13H,15H2,1-3H3,(H,30,31)/b20-11-. The molecule has 0 aliphatic heterocycles. The molecular formula is C26H22Cl2N2O3. The first-order valence-electron chi connectivity index (χ1n) is 10.1. The minimum atomic E-state index is -0.478. The first kappa shape index (κ1) is 24.2. The maximum absolute atomic E-state index is 12.7. The Morgan fingerprint density at radius 3 is 2.39 bits per heavy atom. The molecule has 0 unspecified atom stereocenters. The van der Waals surface area contributed by atoms with Gasteiger partial charge in [-0.05, 0) is 66.4 Å². The van der Waals surface area contributed by atoms with Gasteiger partial charge in [0.25, 0.3) is 5.91 Å². The van der Waals surface area contributed by atoms with Crippen LogP contribution in [0.2, 0.25) is 10.0 Å². The molecule has 3 aromatic carbocycles. The summed E-state index contributed by atoms with van der Waals surface area (Å²) in [5, 5.41) is 13.3. The van der Waals surface area contributed by atoms with Gasteiger partial charge in [0.05, 0.1) is 17.2 Å². The fraction of sp³-hybridized carbons (Fsp3) is 0.154. The third-order valence-electron chi connectivity index (χ3n) is 4.96. The van der Waals surface area contributed by atoms with Crippen LogP contribution in [0.25, 0.3) is 6.08 Å². The molecule has 33 heavy (non-hydrogen) atoms. The van der Waals surface area contributed by atoms with E-state index < -0.39 is 5.91 Å². The molecule has 1 amide bonds. The topological polar surface area (TPSA) is 71.3 Å². The van der Waals surface area contributed by atoms with Gasteiger partial charge in [-0.2, -0.15) is 5.26 Å². The van der Waals surface area contributed by atoms with Gasteiger partial charge in [-0.25, -0.2) is 0 Å². The number of carbonyl (C=O) groups excluding carboxylic acids is 1. The molecule has 5 nitrogen and oxygen atoms in total. The summed E-state index contributed by atoms with van der Waals surface area (Å²) in [7, 11) is 1.52. The van der Waals surface area contributed by atoms with Gasteiger partial charge < -0.3 is 14.8 Å². The zero-order chi connectivity index (χ0) is 24.0. The van der Waals surface area contributed by atoms with Crippen LogP contribution in [0.4, 0.5) is 5.69 Å². The second kappa shape index (κ2) is 10.9. The summed E-state index contributed by atoms with van der Waals surface area (Å²) in [6.45, 7) is 4.07. The summed E-state index contributed by atoms with van der Waals surface area (Å²) in [4.78, 5) is 12.7. The Balaban J connectivity index is 1.78. The molecule has 3 rings (SSSR count). The molecular weight excluding hydrogens is 459 g/mol. The molecule has 0 atom stereocenters. The third kappa shape index (κ3) is 6.07. The smallest absolute Gasteiger partial charge is 0.266 e. The van der Waals surface area contributed by atoms with Gasteiger partial charge in [0.1, 0.15) is 18.2 Å². The molecule has 0 spiro atoms. The predicted octanol–water partition coefficient (Wildman–Crippen LogP) is 6.74. The summed E-state index contributed by atoms with van der Waals surface area (Å²) in [5.74, 6) is 0.504. The molecule has 0 radical (unpaired) electrons. The number of nitrogens with zero attached hydrogens (tertiary/aromatic N) is 1. The fourth-order valence-corrected chi connectivity index (χ4v) is 3.51. The van der Waals surface area contributed by atoms with Crippen LogP contribution in [-0.2, 0) is 11.4 Å². The molecule has 0 aromatic heterocycles. The fourth-order valence-electron chi connectivity index (χ4n) is 3.19. The molecule has 3 aromatic rings. The number of halogens is 2. The molecule has 0 aliphatic carbocycles. The molecule has 0 saturated carbocycles. The van der Waals surface area contributed by atoms with E-state index in [4.69, 9.17) is 32.7 Å². The maximum atomic E-state index is 12.7. The Kier molecular flexibility index (Phi) is 8.00. The van der Waals surface area contributed by atoms with E-state index in [1.807, 2.05) is 44.2 Å². The Morgan fingerprint density at radius 2 is 1.76 bits per heavy atom. The highest BCUT2D eigenvalue weighted by Gasteiger charge is 2.13. The molecule has 168 valence electrons. The number of rotatable bonds is 7. The first-order valence-corrected chi connectivity index (χ1v) is 10.8. The van der Waals surface area contributed by atoms with Crippen LogP contribution in [0.3, 0.4) is 0 Å². The van der Waals surface area contributed by atoms with Crippen molar-refractivity contribution in [1.29, 1.82) is 5.26 Å². The lowest BCUT2D eigenvalue weighted by Gasteiger charge is -2.12. The van der Waals surface area contributed by atoms with Gasteiger partial charge >= 0.3 is 0 Å². The van der Waals surface area contributed by atoms with E-state index in [1.165, 1.54) is 13.2 Å². The number of nitriles is 1. The van der Waals surface area contributed by atoms with Gasteiger partial charge in [-0.15, -0.1) is 0 Å². The first-order chi connectivity index (χ1) is 15.8. The lowest BCUT2D eigenvalue weighted by molar-refractivity contribution is -0.112. The van der Waals surface area contributed by atoms with Crippen molar-refractivity contribution >= 4 is 40.9 Å². The van der Waals surface area contributed by atoms with Crippen molar-refractivity contribution in [2.75, 3.05) is 12.4 Å². The van der Waals surface area contributed by atoms with Crippen molar-refractivity contribution in [3.8, 4) is 17.6 Å². The molecule has 7 heteroatoms. The van der Waals surface area contributed by atoms with Gasteiger partial charge in [0.2, 0.25) is 0 Å². The van der Waals surface area contributed by atoms with Gasteiger partial charge in [0.15, 0.2) is 11.5 Å². The quantitative estimate of drug-likeness (QED) is 0.300. The lowest BCUT2D eigenvalue weighted by atomic mass is 10.1. The van der Waals surface area contributed by atoms with E-state index in [0.717, 1.165) is 16.7 Å². The Hall–Kier alpha value is -3.46. The minimum Gasteiger partial charge on any atom is -0.493 e. The monoisotopic (exact) mass is 480 g/mol. The molecule has 1 N–H and O–H groups in total.